The summed E-state index contributed by atoms with van der Waals surface area (Å²) in [6.45, 7) is 8.84. The van der Waals surface area contributed by atoms with Crippen LogP contribution in [0.25, 0.3) is 0 Å². The van der Waals surface area contributed by atoms with Crippen LogP contribution < -0.4 is 4.74 Å². The molecule has 1 aliphatic carbocycles. The van der Waals surface area contributed by atoms with Crippen LogP contribution in [0.3, 0.4) is 0 Å². The maximum atomic E-state index is 5.68. The number of ether oxygens (including phenoxy) is 1. The lowest BCUT2D eigenvalue weighted by molar-refractivity contribution is 0.309. The second-order valence-electron chi connectivity index (χ2n) is 5.18. The van der Waals surface area contributed by atoms with Crippen LogP contribution in [0.2, 0.25) is 0 Å². The molecule has 0 radical (unpaired) electrons. The molecule has 1 aromatic carbocycles. The minimum atomic E-state index is 0.762. The van der Waals surface area contributed by atoms with Crippen LogP contribution in [0.15, 0.2) is 64.5 Å². The minimum absolute atomic E-state index is 0.762. The second kappa shape index (κ2) is 7.58. The molecule has 3 nitrogen and oxygen atoms in total. The molecule has 0 spiro atoms. The van der Waals surface area contributed by atoms with Crippen LogP contribution in [0.5, 0.6) is 5.75 Å². The standard InChI is InChI=1S/C18H22N2O/c1-4-5-12-21-17-10-11-18(15(3)13-17)20-19-16-8-6-14(2)7-9-16/h6,8-11,13H,2,4-5,7,12H2,1,3H3. The third kappa shape index (κ3) is 4.71. The molecule has 3 heteroatoms. The number of benzene rings is 1. The van der Waals surface area contributed by atoms with Crippen molar-refractivity contribution >= 4 is 5.69 Å². The molecule has 110 valence electrons. The van der Waals surface area contributed by atoms with Crippen molar-refractivity contribution in [2.75, 3.05) is 6.61 Å². The Labute approximate surface area is 126 Å². The Kier molecular flexibility index (Phi) is 5.50. The van der Waals surface area contributed by atoms with Gasteiger partial charge in [0, 0.05) is 0 Å². The van der Waals surface area contributed by atoms with Crippen molar-refractivity contribution in [3.63, 3.8) is 0 Å². The molecule has 21 heavy (non-hydrogen) atoms. The zero-order valence-electron chi connectivity index (χ0n) is 12.8. The highest BCUT2D eigenvalue weighted by molar-refractivity contribution is 5.49. The highest BCUT2D eigenvalue weighted by atomic mass is 16.5. The SMILES string of the molecule is C=C1C=CC(N=Nc2ccc(OCCCC)cc2C)=CC1. The predicted octanol–water partition coefficient (Wildman–Crippen LogP) is 5.66. The lowest BCUT2D eigenvalue weighted by Crippen LogP contribution is -1.96. The molecule has 0 aromatic heterocycles. The largest absolute Gasteiger partial charge is 0.494 e. The zero-order chi connectivity index (χ0) is 15.1. The number of rotatable bonds is 6. The molecule has 0 atom stereocenters. The molecule has 0 saturated carbocycles. The predicted molar refractivity (Wildman–Crippen MR) is 87.1 cm³/mol. The van der Waals surface area contributed by atoms with Crippen molar-refractivity contribution < 1.29 is 4.74 Å². The molecule has 0 fully saturated rings. The van der Waals surface area contributed by atoms with Gasteiger partial charge in [-0.05, 0) is 49.6 Å². The minimum Gasteiger partial charge on any atom is -0.494 e. The van der Waals surface area contributed by atoms with Crippen molar-refractivity contribution in [3.8, 4) is 5.75 Å². The number of aryl methyl sites for hydroxylation is 1. The van der Waals surface area contributed by atoms with Crippen LogP contribution in [-0.4, -0.2) is 6.61 Å². The maximum Gasteiger partial charge on any atom is 0.119 e. The quantitative estimate of drug-likeness (QED) is 0.489. The van der Waals surface area contributed by atoms with Gasteiger partial charge in [0.1, 0.15) is 5.75 Å². The molecule has 2 rings (SSSR count). The van der Waals surface area contributed by atoms with Gasteiger partial charge in [0.05, 0.1) is 18.0 Å². The molecule has 0 unspecified atom stereocenters. The van der Waals surface area contributed by atoms with Crippen LogP contribution in [0, 0.1) is 6.92 Å². The van der Waals surface area contributed by atoms with E-state index in [1.54, 1.807) is 0 Å². The van der Waals surface area contributed by atoms with E-state index in [9.17, 15) is 0 Å². The molecule has 0 heterocycles. The van der Waals surface area contributed by atoms with Crippen LogP contribution >= 0.6 is 0 Å². The smallest absolute Gasteiger partial charge is 0.119 e. The summed E-state index contributed by atoms with van der Waals surface area (Å²) in [5.41, 5.74) is 3.91. The molecular weight excluding hydrogens is 260 g/mol. The molecule has 0 saturated heterocycles. The van der Waals surface area contributed by atoms with E-state index in [0.717, 1.165) is 54.1 Å². The first-order valence-electron chi connectivity index (χ1n) is 7.40. The van der Waals surface area contributed by atoms with E-state index < -0.39 is 0 Å². The molecule has 0 amide bonds. The Morgan fingerprint density at radius 1 is 1.24 bits per heavy atom. The summed E-state index contributed by atoms with van der Waals surface area (Å²) in [6, 6.07) is 5.91. The topological polar surface area (TPSA) is 34.0 Å². The summed E-state index contributed by atoms with van der Waals surface area (Å²) in [5.74, 6) is 0.896. The van der Waals surface area contributed by atoms with E-state index in [1.165, 1.54) is 0 Å². The summed E-state index contributed by atoms with van der Waals surface area (Å²) in [6.07, 6.45) is 9.00. The van der Waals surface area contributed by atoms with Gasteiger partial charge in [0.25, 0.3) is 0 Å². The van der Waals surface area contributed by atoms with E-state index in [-0.39, 0.29) is 0 Å². The van der Waals surface area contributed by atoms with Gasteiger partial charge in [-0.25, -0.2) is 0 Å². The highest BCUT2D eigenvalue weighted by Crippen LogP contribution is 2.25. The first kappa shape index (κ1) is 15.2. The third-order valence-corrected chi connectivity index (χ3v) is 3.27. The van der Waals surface area contributed by atoms with Crippen LogP contribution in [0.1, 0.15) is 31.7 Å². The number of allylic oxidation sites excluding steroid dienone is 4. The fraction of sp³-hybridized carbons (Fsp3) is 0.333. The monoisotopic (exact) mass is 282 g/mol. The Morgan fingerprint density at radius 3 is 2.76 bits per heavy atom. The van der Waals surface area contributed by atoms with Gasteiger partial charge in [0.2, 0.25) is 0 Å². The number of hydrogen-bond donors (Lipinski definition) is 0. The lowest BCUT2D eigenvalue weighted by atomic mass is 10.1. The van der Waals surface area contributed by atoms with Gasteiger partial charge in [-0.2, -0.15) is 10.2 Å². The number of unbranched alkanes of at least 4 members (excludes halogenated alkanes) is 1. The van der Waals surface area contributed by atoms with E-state index in [1.807, 2.05) is 43.4 Å². The molecule has 0 aliphatic heterocycles. The van der Waals surface area contributed by atoms with Crippen LogP contribution in [0.4, 0.5) is 5.69 Å². The van der Waals surface area contributed by atoms with Crippen molar-refractivity contribution in [1.82, 2.24) is 0 Å². The fourth-order valence-electron chi connectivity index (χ4n) is 1.93. The van der Waals surface area contributed by atoms with Crippen LogP contribution in [-0.2, 0) is 0 Å². The van der Waals surface area contributed by atoms with Crippen molar-refractivity contribution in [2.45, 2.75) is 33.1 Å². The van der Waals surface area contributed by atoms with Gasteiger partial charge in [-0.15, -0.1) is 0 Å². The second-order valence-corrected chi connectivity index (χ2v) is 5.18. The van der Waals surface area contributed by atoms with E-state index >= 15 is 0 Å². The first-order chi connectivity index (χ1) is 10.2. The van der Waals surface area contributed by atoms with E-state index in [0.29, 0.717) is 0 Å². The Morgan fingerprint density at radius 2 is 2.10 bits per heavy atom. The Bertz CT molecular complexity index is 597. The average molecular weight is 282 g/mol. The Balaban J connectivity index is 2.01. The van der Waals surface area contributed by atoms with Gasteiger partial charge < -0.3 is 4.74 Å². The van der Waals surface area contributed by atoms with Crippen molar-refractivity contribution in [1.29, 1.82) is 0 Å². The summed E-state index contributed by atoms with van der Waals surface area (Å²) < 4.78 is 5.68. The lowest BCUT2D eigenvalue weighted by Gasteiger charge is -2.07. The van der Waals surface area contributed by atoms with Gasteiger partial charge in [-0.3, -0.25) is 0 Å². The normalized spacial score (nSPS) is 14.6. The van der Waals surface area contributed by atoms with E-state index in [2.05, 4.69) is 23.7 Å². The molecular formula is C18H22N2O. The van der Waals surface area contributed by atoms with E-state index in [4.69, 9.17) is 4.74 Å². The van der Waals surface area contributed by atoms with Gasteiger partial charge in [0.15, 0.2) is 0 Å². The number of azo groups is 1. The summed E-state index contributed by atoms with van der Waals surface area (Å²) in [5, 5.41) is 8.58. The molecule has 0 N–H and O–H groups in total. The first-order valence-corrected chi connectivity index (χ1v) is 7.40. The third-order valence-electron chi connectivity index (χ3n) is 3.27. The zero-order valence-corrected chi connectivity index (χ0v) is 12.8. The summed E-state index contributed by atoms with van der Waals surface area (Å²) >= 11 is 0. The van der Waals surface area contributed by atoms with Gasteiger partial charge in [-0.1, -0.05) is 37.6 Å². The Hall–Kier alpha value is -2.16. The van der Waals surface area contributed by atoms with Crippen molar-refractivity contribution in [3.05, 3.63) is 59.8 Å². The summed E-state index contributed by atoms with van der Waals surface area (Å²) in [7, 11) is 0. The molecule has 0 bridgehead atoms. The number of hydrogen-bond acceptors (Lipinski definition) is 3. The fourth-order valence-corrected chi connectivity index (χ4v) is 1.93. The molecule has 1 aliphatic rings. The summed E-state index contributed by atoms with van der Waals surface area (Å²) in [4.78, 5) is 0. The number of nitrogens with zero attached hydrogens (tertiary/aromatic N) is 2. The maximum absolute atomic E-state index is 5.68. The average Bonchev–Trinajstić information content (AvgIpc) is 2.48. The highest BCUT2D eigenvalue weighted by Gasteiger charge is 2.02. The van der Waals surface area contributed by atoms with Crippen molar-refractivity contribution in [2.24, 2.45) is 10.2 Å². The van der Waals surface area contributed by atoms with Gasteiger partial charge >= 0.3 is 0 Å². The molecule has 1 aromatic rings.